The number of ether oxygens (including phenoxy) is 3. The third-order valence-corrected chi connectivity index (χ3v) is 3.52. The molecule has 0 spiro atoms. The van der Waals surface area contributed by atoms with Crippen LogP contribution in [0.2, 0.25) is 0 Å². The van der Waals surface area contributed by atoms with Gasteiger partial charge in [0, 0.05) is 13.2 Å². The van der Waals surface area contributed by atoms with Gasteiger partial charge in [0.2, 0.25) is 0 Å². The van der Waals surface area contributed by atoms with Gasteiger partial charge in [-0.05, 0) is 44.4 Å². The van der Waals surface area contributed by atoms with E-state index < -0.39 is 0 Å². The zero-order valence-corrected chi connectivity index (χ0v) is 12.7. The topological polar surface area (TPSA) is 27.7 Å². The molecular formula is C15H30O3. The summed E-state index contributed by atoms with van der Waals surface area (Å²) in [4.78, 5) is 0. The van der Waals surface area contributed by atoms with Crippen LogP contribution in [0.3, 0.4) is 0 Å². The molecule has 0 aromatic heterocycles. The van der Waals surface area contributed by atoms with Crippen LogP contribution < -0.4 is 0 Å². The first-order valence-corrected chi connectivity index (χ1v) is 7.31. The normalized spacial score (nSPS) is 27.7. The fourth-order valence-electron chi connectivity index (χ4n) is 3.12. The van der Waals surface area contributed by atoms with E-state index in [9.17, 15) is 0 Å². The molecule has 3 heteroatoms. The molecule has 0 amide bonds. The van der Waals surface area contributed by atoms with E-state index in [1.54, 1.807) is 0 Å². The molecule has 0 bridgehead atoms. The third-order valence-electron chi connectivity index (χ3n) is 3.52. The van der Waals surface area contributed by atoms with Crippen LogP contribution in [0.25, 0.3) is 0 Å². The Morgan fingerprint density at radius 1 is 1.11 bits per heavy atom. The van der Waals surface area contributed by atoms with E-state index in [1.165, 1.54) is 6.42 Å². The van der Waals surface area contributed by atoms with Crippen LogP contribution in [0.15, 0.2) is 0 Å². The lowest BCUT2D eigenvalue weighted by Gasteiger charge is -2.39. The van der Waals surface area contributed by atoms with E-state index in [4.69, 9.17) is 14.2 Å². The number of hydrogen-bond acceptors (Lipinski definition) is 3. The van der Waals surface area contributed by atoms with Crippen molar-refractivity contribution in [2.75, 3.05) is 19.8 Å². The molecule has 1 saturated carbocycles. The minimum atomic E-state index is -0.208. The van der Waals surface area contributed by atoms with Gasteiger partial charge in [-0.3, -0.25) is 0 Å². The third kappa shape index (κ3) is 5.68. The molecule has 0 saturated heterocycles. The molecule has 0 N–H and O–H groups in total. The van der Waals surface area contributed by atoms with Gasteiger partial charge >= 0.3 is 0 Å². The van der Waals surface area contributed by atoms with Crippen molar-refractivity contribution >= 4 is 0 Å². The SMILES string of the molecule is CCOC(COC1CC(C)CC(C)(C)C1)OCC. The number of hydrogen-bond donors (Lipinski definition) is 0. The Morgan fingerprint density at radius 2 is 1.72 bits per heavy atom. The Kier molecular flexibility index (Phi) is 6.61. The van der Waals surface area contributed by atoms with E-state index >= 15 is 0 Å². The molecule has 0 aromatic carbocycles. The summed E-state index contributed by atoms with van der Waals surface area (Å²) in [7, 11) is 0. The van der Waals surface area contributed by atoms with Crippen molar-refractivity contribution < 1.29 is 14.2 Å². The van der Waals surface area contributed by atoms with Crippen molar-refractivity contribution in [3.8, 4) is 0 Å². The van der Waals surface area contributed by atoms with Crippen LogP contribution in [0.1, 0.15) is 53.9 Å². The van der Waals surface area contributed by atoms with Gasteiger partial charge in [-0.1, -0.05) is 20.8 Å². The summed E-state index contributed by atoms with van der Waals surface area (Å²) in [5.41, 5.74) is 0.398. The van der Waals surface area contributed by atoms with Crippen molar-refractivity contribution in [1.29, 1.82) is 0 Å². The summed E-state index contributed by atoms with van der Waals surface area (Å²) in [5.74, 6) is 0.747. The monoisotopic (exact) mass is 258 g/mol. The Labute approximate surface area is 112 Å². The average molecular weight is 258 g/mol. The summed E-state index contributed by atoms with van der Waals surface area (Å²) in [5, 5.41) is 0. The first-order valence-electron chi connectivity index (χ1n) is 7.31. The molecule has 1 aliphatic carbocycles. The molecule has 0 aliphatic heterocycles. The van der Waals surface area contributed by atoms with Crippen molar-refractivity contribution in [2.45, 2.75) is 66.3 Å². The van der Waals surface area contributed by atoms with E-state index in [1.807, 2.05) is 13.8 Å². The summed E-state index contributed by atoms with van der Waals surface area (Å²) >= 11 is 0. The maximum Gasteiger partial charge on any atom is 0.180 e. The van der Waals surface area contributed by atoms with E-state index in [0.717, 1.165) is 18.8 Å². The van der Waals surface area contributed by atoms with Gasteiger partial charge in [0.25, 0.3) is 0 Å². The van der Waals surface area contributed by atoms with E-state index in [0.29, 0.717) is 31.3 Å². The van der Waals surface area contributed by atoms with Gasteiger partial charge in [-0.2, -0.15) is 0 Å². The molecule has 2 unspecified atom stereocenters. The Bertz CT molecular complexity index is 222. The first-order chi connectivity index (χ1) is 8.46. The van der Waals surface area contributed by atoms with Gasteiger partial charge in [-0.25, -0.2) is 0 Å². The quantitative estimate of drug-likeness (QED) is 0.653. The van der Waals surface area contributed by atoms with Crippen molar-refractivity contribution in [3.63, 3.8) is 0 Å². The van der Waals surface area contributed by atoms with Crippen LogP contribution in [-0.2, 0) is 14.2 Å². The molecule has 0 aromatic rings. The molecular weight excluding hydrogens is 228 g/mol. The molecule has 2 atom stereocenters. The van der Waals surface area contributed by atoms with Crippen LogP contribution >= 0.6 is 0 Å². The maximum atomic E-state index is 6.01. The molecule has 1 fully saturated rings. The highest BCUT2D eigenvalue weighted by molar-refractivity contribution is 4.83. The minimum absolute atomic E-state index is 0.208. The standard InChI is InChI=1S/C15H30O3/c1-6-16-14(17-7-2)11-18-13-8-12(3)9-15(4,5)10-13/h12-14H,6-11H2,1-5H3. The highest BCUT2D eigenvalue weighted by Gasteiger charge is 2.32. The predicted molar refractivity (Wildman–Crippen MR) is 73.6 cm³/mol. The van der Waals surface area contributed by atoms with Crippen molar-refractivity contribution in [2.24, 2.45) is 11.3 Å². The van der Waals surface area contributed by atoms with Crippen LogP contribution in [0, 0.1) is 11.3 Å². The lowest BCUT2D eigenvalue weighted by atomic mass is 9.71. The van der Waals surface area contributed by atoms with Gasteiger partial charge in [-0.15, -0.1) is 0 Å². The molecule has 0 radical (unpaired) electrons. The molecule has 18 heavy (non-hydrogen) atoms. The highest BCUT2D eigenvalue weighted by Crippen LogP contribution is 2.39. The van der Waals surface area contributed by atoms with Crippen molar-refractivity contribution in [3.05, 3.63) is 0 Å². The van der Waals surface area contributed by atoms with E-state index in [-0.39, 0.29) is 6.29 Å². The fourth-order valence-corrected chi connectivity index (χ4v) is 3.12. The van der Waals surface area contributed by atoms with E-state index in [2.05, 4.69) is 20.8 Å². The Hall–Kier alpha value is -0.120. The summed E-state index contributed by atoms with van der Waals surface area (Å²) in [6.07, 6.45) is 3.75. The zero-order valence-electron chi connectivity index (χ0n) is 12.7. The Morgan fingerprint density at radius 3 is 2.22 bits per heavy atom. The van der Waals surface area contributed by atoms with Crippen LogP contribution in [0.5, 0.6) is 0 Å². The summed E-state index contributed by atoms with van der Waals surface area (Å²) < 4.78 is 17.0. The summed E-state index contributed by atoms with van der Waals surface area (Å²) in [6.45, 7) is 12.8. The molecule has 3 nitrogen and oxygen atoms in total. The van der Waals surface area contributed by atoms with Gasteiger partial charge in [0.15, 0.2) is 6.29 Å². The maximum absolute atomic E-state index is 6.01. The van der Waals surface area contributed by atoms with Crippen LogP contribution in [0.4, 0.5) is 0 Å². The van der Waals surface area contributed by atoms with Crippen LogP contribution in [-0.4, -0.2) is 32.2 Å². The zero-order chi connectivity index (χ0) is 13.6. The number of rotatable bonds is 7. The molecule has 1 rings (SSSR count). The predicted octanol–water partition coefficient (Wildman–Crippen LogP) is 3.62. The van der Waals surface area contributed by atoms with Crippen molar-refractivity contribution in [1.82, 2.24) is 0 Å². The first kappa shape index (κ1) is 15.9. The molecule has 0 heterocycles. The Balaban J connectivity index is 2.36. The largest absolute Gasteiger partial charge is 0.373 e. The van der Waals surface area contributed by atoms with Gasteiger partial charge in [0.1, 0.15) is 0 Å². The second-order valence-corrected chi connectivity index (χ2v) is 6.21. The lowest BCUT2D eigenvalue weighted by Crippen LogP contribution is -2.35. The fraction of sp³-hybridized carbons (Fsp3) is 1.00. The smallest absolute Gasteiger partial charge is 0.180 e. The minimum Gasteiger partial charge on any atom is -0.373 e. The lowest BCUT2D eigenvalue weighted by molar-refractivity contribution is -0.182. The van der Waals surface area contributed by atoms with Gasteiger partial charge in [0.05, 0.1) is 12.7 Å². The second kappa shape index (κ2) is 7.46. The highest BCUT2D eigenvalue weighted by atomic mass is 16.7. The average Bonchev–Trinajstić information content (AvgIpc) is 2.24. The molecule has 108 valence electrons. The van der Waals surface area contributed by atoms with Gasteiger partial charge < -0.3 is 14.2 Å². The summed E-state index contributed by atoms with van der Waals surface area (Å²) in [6, 6.07) is 0. The molecule has 1 aliphatic rings. The second-order valence-electron chi connectivity index (χ2n) is 6.21.